The van der Waals surface area contributed by atoms with Crippen molar-refractivity contribution in [2.24, 2.45) is 0 Å². The van der Waals surface area contributed by atoms with Gasteiger partial charge in [-0.3, -0.25) is 0 Å². The van der Waals surface area contributed by atoms with E-state index in [2.05, 4.69) is 6.92 Å². The lowest BCUT2D eigenvalue weighted by Crippen LogP contribution is -1.98. The summed E-state index contributed by atoms with van der Waals surface area (Å²) < 4.78 is 0. The molecule has 0 aliphatic heterocycles. The number of hydrogen-bond acceptors (Lipinski definition) is 0. The van der Waals surface area contributed by atoms with Gasteiger partial charge < -0.3 is 0 Å². The summed E-state index contributed by atoms with van der Waals surface area (Å²) in [5.74, 6) is 0. The van der Waals surface area contributed by atoms with E-state index < -0.39 is 9.67 Å². The van der Waals surface area contributed by atoms with Crippen LogP contribution in [0.4, 0.5) is 0 Å². The van der Waals surface area contributed by atoms with E-state index in [1.54, 1.807) is 0 Å². The number of alkyl halides is 4. The van der Waals surface area contributed by atoms with Crippen molar-refractivity contribution in [2.45, 2.75) is 16.1 Å². The van der Waals surface area contributed by atoms with Gasteiger partial charge in [-0.15, -0.1) is 46.4 Å². The first-order chi connectivity index (χ1) is 6.57. The van der Waals surface area contributed by atoms with E-state index >= 15 is 0 Å². The van der Waals surface area contributed by atoms with E-state index in [0.717, 1.165) is 16.7 Å². The summed E-state index contributed by atoms with van der Waals surface area (Å²) in [5.41, 5.74) is 2.58. The smallest absolute Gasteiger partial charge is 0.100 e. The van der Waals surface area contributed by atoms with Crippen molar-refractivity contribution in [1.29, 1.82) is 0 Å². The minimum Gasteiger partial charge on any atom is -0.100 e. The van der Waals surface area contributed by atoms with Crippen LogP contribution in [0.15, 0.2) is 18.2 Å². The zero-order chi connectivity index (χ0) is 10.7. The second-order valence-electron chi connectivity index (χ2n) is 2.77. The highest BCUT2D eigenvalue weighted by atomic mass is 35.5. The predicted octanol–water partition coefficient (Wildman–Crippen LogP) is 5.02. The normalized spacial score (nSPS) is 11.4. The SMILES string of the molecule is [CH2]Cc1c(C(Cl)Cl)cccc1C(Cl)Cl. The maximum Gasteiger partial charge on any atom is 0.133 e. The fourth-order valence-corrected chi connectivity index (χ4v) is 2.14. The van der Waals surface area contributed by atoms with Crippen molar-refractivity contribution in [3.8, 4) is 0 Å². The number of rotatable bonds is 3. The third-order valence-corrected chi connectivity index (χ3v) is 2.91. The molecule has 0 nitrogen and oxygen atoms in total. The molecule has 1 aromatic carbocycles. The van der Waals surface area contributed by atoms with Gasteiger partial charge in [0.2, 0.25) is 0 Å². The quantitative estimate of drug-likeness (QED) is 0.677. The van der Waals surface area contributed by atoms with Crippen molar-refractivity contribution in [1.82, 2.24) is 0 Å². The molecule has 0 amide bonds. The van der Waals surface area contributed by atoms with Gasteiger partial charge in [0.05, 0.1) is 0 Å². The Morgan fingerprint density at radius 3 is 1.71 bits per heavy atom. The molecule has 0 atom stereocenters. The Morgan fingerprint density at radius 1 is 1.00 bits per heavy atom. The molecule has 1 rings (SSSR count). The Labute approximate surface area is 104 Å². The molecule has 0 spiro atoms. The monoisotopic (exact) mass is 269 g/mol. The van der Waals surface area contributed by atoms with Crippen LogP contribution < -0.4 is 0 Å². The molecular weight excluding hydrogens is 262 g/mol. The summed E-state index contributed by atoms with van der Waals surface area (Å²) in [4.78, 5) is -1.14. The predicted molar refractivity (Wildman–Crippen MR) is 64.4 cm³/mol. The largest absolute Gasteiger partial charge is 0.133 e. The second kappa shape index (κ2) is 5.46. The van der Waals surface area contributed by atoms with Crippen molar-refractivity contribution in [3.63, 3.8) is 0 Å². The second-order valence-corrected chi connectivity index (χ2v) is 4.96. The first kappa shape index (κ1) is 12.4. The average molecular weight is 271 g/mol. The molecule has 0 fully saturated rings. The molecule has 0 aromatic heterocycles. The third kappa shape index (κ3) is 2.70. The van der Waals surface area contributed by atoms with Gasteiger partial charge in [0.1, 0.15) is 9.67 Å². The Balaban J connectivity index is 3.25. The van der Waals surface area contributed by atoms with E-state index in [0.29, 0.717) is 6.42 Å². The summed E-state index contributed by atoms with van der Waals surface area (Å²) in [5, 5.41) is 0. The highest BCUT2D eigenvalue weighted by molar-refractivity contribution is 6.45. The van der Waals surface area contributed by atoms with E-state index in [-0.39, 0.29) is 0 Å². The van der Waals surface area contributed by atoms with E-state index in [1.807, 2.05) is 18.2 Å². The van der Waals surface area contributed by atoms with Crippen molar-refractivity contribution >= 4 is 46.4 Å². The van der Waals surface area contributed by atoms with Gasteiger partial charge in [-0.25, -0.2) is 0 Å². The topological polar surface area (TPSA) is 0 Å². The molecule has 0 unspecified atom stereocenters. The van der Waals surface area contributed by atoms with Gasteiger partial charge >= 0.3 is 0 Å². The molecule has 14 heavy (non-hydrogen) atoms. The molecule has 0 heterocycles. The Bertz CT molecular complexity index is 281. The molecule has 0 bridgehead atoms. The van der Waals surface area contributed by atoms with Gasteiger partial charge in [0, 0.05) is 0 Å². The maximum atomic E-state index is 5.82. The average Bonchev–Trinajstić information content (AvgIpc) is 2.16. The van der Waals surface area contributed by atoms with E-state index in [9.17, 15) is 0 Å². The van der Waals surface area contributed by atoms with Gasteiger partial charge in [0.15, 0.2) is 0 Å². The highest BCUT2D eigenvalue weighted by Crippen LogP contribution is 2.35. The van der Waals surface area contributed by atoms with Gasteiger partial charge in [-0.2, -0.15) is 0 Å². The molecule has 0 saturated heterocycles. The maximum absolute atomic E-state index is 5.82. The van der Waals surface area contributed by atoms with Crippen LogP contribution in [0.2, 0.25) is 0 Å². The van der Waals surface area contributed by atoms with Gasteiger partial charge in [-0.1, -0.05) is 18.2 Å². The number of benzene rings is 1. The molecule has 77 valence electrons. The molecule has 0 N–H and O–H groups in total. The van der Waals surface area contributed by atoms with Crippen LogP contribution in [0.1, 0.15) is 26.4 Å². The standard InChI is InChI=1S/C10H9Cl4/c1-2-6-7(9(11)12)4-3-5-8(6)10(13)14/h3-5,9-10H,1-2H2. The lowest BCUT2D eigenvalue weighted by atomic mass is 10.0. The first-order valence-corrected chi connectivity index (χ1v) is 5.79. The molecule has 4 heteroatoms. The molecular formula is C10H9Cl4. The van der Waals surface area contributed by atoms with Crippen LogP contribution in [0.5, 0.6) is 0 Å². The van der Waals surface area contributed by atoms with E-state index in [1.165, 1.54) is 0 Å². The number of hydrogen-bond donors (Lipinski definition) is 0. The van der Waals surface area contributed by atoms with Crippen molar-refractivity contribution in [3.05, 3.63) is 41.8 Å². The lowest BCUT2D eigenvalue weighted by Gasteiger charge is -2.14. The van der Waals surface area contributed by atoms with Crippen LogP contribution in [0.25, 0.3) is 0 Å². The summed E-state index contributed by atoms with van der Waals surface area (Å²) in [6.45, 7) is 3.81. The summed E-state index contributed by atoms with van der Waals surface area (Å²) in [6, 6.07) is 5.54. The fourth-order valence-electron chi connectivity index (χ4n) is 1.32. The zero-order valence-electron chi connectivity index (χ0n) is 7.31. The fraction of sp³-hybridized carbons (Fsp3) is 0.300. The highest BCUT2D eigenvalue weighted by Gasteiger charge is 2.15. The van der Waals surface area contributed by atoms with Crippen LogP contribution in [-0.2, 0) is 6.42 Å². The summed E-state index contributed by atoms with van der Waals surface area (Å²) >= 11 is 23.3. The van der Waals surface area contributed by atoms with Gasteiger partial charge in [0.25, 0.3) is 0 Å². The molecule has 1 radical (unpaired) electrons. The van der Waals surface area contributed by atoms with Crippen LogP contribution in [0.3, 0.4) is 0 Å². The van der Waals surface area contributed by atoms with Crippen LogP contribution in [-0.4, -0.2) is 0 Å². The Morgan fingerprint density at radius 2 is 1.43 bits per heavy atom. The third-order valence-electron chi connectivity index (χ3n) is 1.97. The minimum atomic E-state index is -0.571. The molecule has 1 aromatic rings. The van der Waals surface area contributed by atoms with Crippen LogP contribution in [0, 0.1) is 6.92 Å². The molecule has 0 aliphatic carbocycles. The summed E-state index contributed by atoms with van der Waals surface area (Å²) in [7, 11) is 0. The molecule has 0 saturated carbocycles. The van der Waals surface area contributed by atoms with Crippen LogP contribution >= 0.6 is 46.4 Å². The Hall–Kier alpha value is 0.380. The minimum absolute atomic E-state index is 0.567. The van der Waals surface area contributed by atoms with Gasteiger partial charge in [-0.05, 0) is 30.0 Å². The van der Waals surface area contributed by atoms with Crippen molar-refractivity contribution < 1.29 is 0 Å². The van der Waals surface area contributed by atoms with E-state index in [4.69, 9.17) is 46.4 Å². The zero-order valence-corrected chi connectivity index (χ0v) is 10.3. The lowest BCUT2D eigenvalue weighted by molar-refractivity contribution is 1.11. The Kier molecular flexibility index (Phi) is 4.86. The summed E-state index contributed by atoms with van der Waals surface area (Å²) in [6.07, 6.45) is 0.567. The molecule has 0 aliphatic rings. The van der Waals surface area contributed by atoms with Crippen molar-refractivity contribution in [2.75, 3.05) is 0 Å². The number of halogens is 4. The first-order valence-electron chi connectivity index (χ1n) is 4.05.